The van der Waals surface area contributed by atoms with Crippen molar-refractivity contribution in [2.75, 3.05) is 10.6 Å². The van der Waals surface area contributed by atoms with Crippen LogP contribution in [0.4, 0.5) is 16.3 Å². The SMILES string of the molecule is C[n+]1ccc(NC(=O)Nc2ccccn2)cc1.[I-]. The lowest BCUT2D eigenvalue weighted by Gasteiger charge is -2.05. The Morgan fingerprint density at radius 3 is 2.50 bits per heavy atom. The quantitative estimate of drug-likeness (QED) is 0.511. The first-order valence-electron chi connectivity index (χ1n) is 5.18. The zero-order chi connectivity index (χ0) is 12.1. The van der Waals surface area contributed by atoms with Crippen LogP contribution in [0.3, 0.4) is 0 Å². The Bertz CT molecular complexity index is 501. The number of amides is 2. The Balaban J connectivity index is 0.00000162. The number of nitrogens with one attached hydrogen (secondary N) is 2. The molecule has 0 spiro atoms. The first-order chi connectivity index (χ1) is 8.24. The van der Waals surface area contributed by atoms with Crippen molar-refractivity contribution in [1.82, 2.24) is 4.98 Å². The highest BCUT2D eigenvalue weighted by Gasteiger charge is 2.03. The molecule has 0 unspecified atom stereocenters. The summed E-state index contributed by atoms with van der Waals surface area (Å²) in [5.41, 5.74) is 0.733. The van der Waals surface area contributed by atoms with Crippen LogP contribution in [0, 0.1) is 0 Å². The lowest BCUT2D eigenvalue weighted by Crippen LogP contribution is -3.00. The van der Waals surface area contributed by atoms with E-state index in [1.165, 1.54) is 0 Å². The number of anilines is 2. The molecule has 0 aliphatic rings. The topological polar surface area (TPSA) is 57.9 Å². The summed E-state index contributed by atoms with van der Waals surface area (Å²) in [4.78, 5) is 15.6. The molecule has 0 fully saturated rings. The Morgan fingerprint density at radius 2 is 1.89 bits per heavy atom. The van der Waals surface area contributed by atoms with Gasteiger partial charge in [-0.25, -0.2) is 14.3 Å². The number of aromatic nitrogens is 2. The lowest BCUT2D eigenvalue weighted by molar-refractivity contribution is -0.671. The number of rotatable bonds is 2. The number of pyridine rings is 2. The third kappa shape index (κ3) is 4.28. The Morgan fingerprint density at radius 1 is 1.17 bits per heavy atom. The number of aryl methyl sites for hydroxylation is 1. The van der Waals surface area contributed by atoms with E-state index in [4.69, 9.17) is 0 Å². The fraction of sp³-hybridized carbons (Fsp3) is 0.0833. The minimum atomic E-state index is -0.308. The standard InChI is InChI=1S/C12H12N4O.HI/c1-16-8-5-10(6-9-16)14-12(17)15-11-4-2-3-7-13-11;/h2-9H,1H3,(H,13,15,17);1H. The molecule has 5 nitrogen and oxygen atoms in total. The molecule has 6 heteroatoms. The number of carbonyl (C=O) groups is 1. The van der Waals surface area contributed by atoms with Gasteiger partial charge in [-0.15, -0.1) is 0 Å². The van der Waals surface area contributed by atoms with Crippen molar-refractivity contribution in [3.8, 4) is 0 Å². The second kappa shape index (κ2) is 6.90. The molecule has 0 aliphatic heterocycles. The van der Waals surface area contributed by atoms with Gasteiger partial charge in [-0.05, 0) is 12.1 Å². The van der Waals surface area contributed by atoms with E-state index in [2.05, 4.69) is 15.6 Å². The second-order valence-corrected chi connectivity index (χ2v) is 3.55. The van der Waals surface area contributed by atoms with Crippen molar-refractivity contribution in [3.05, 3.63) is 48.9 Å². The van der Waals surface area contributed by atoms with Crippen LogP contribution in [0.25, 0.3) is 0 Å². The van der Waals surface area contributed by atoms with E-state index in [0.717, 1.165) is 5.69 Å². The van der Waals surface area contributed by atoms with Crippen LogP contribution >= 0.6 is 0 Å². The van der Waals surface area contributed by atoms with Gasteiger partial charge < -0.3 is 29.3 Å². The monoisotopic (exact) mass is 356 g/mol. The molecule has 2 N–H and O–H groups in total. The van der Waals surface area contributed by atoms with E-state index in [-0.39, 0.29) is 30.0 Å². The summed E-state index contributed by atoms with van der Waals surface area (Å²) >= 11 is 0. The molecule has 0 atom stereocenters. The van der Waals surface area contributed by atoms with E-state index in [1.54, 1.807) is 18.3 Å². The molecule has 0 radical (unpaired) electrons. The molecule has 2 aromatic heterocycles. The fourth-order valence-electron chi connectivity index (χ4n) is 1.30. The summed E-state index contributed by atoms with van der Waals surface area (Å²) in [5.74, 6) is 0.520. The number of halogens is 1. The van der Waals surface area contributed by atoms with Gasteiger partial charge in [0.25, 0.3) is 0 Å². The first kappa shape index (κ1) is 14.4. The average Bonchev–Trinajstić information content (AvgIpc) is 2.33. The van der Waals surface area contributed by atoms with Gasteiger partial charge >= 0.3 is 6.03 Å². The zero-order valence-corrected chi connectivity index (χ0v) is 12.0. The maximum Gasteiger partial charge on any atom is 0.324 e. The maximum absolute atomic E-state index is 11.6. The Kier molecular flexibility index (Phi) is 5.50. The normalized spacial score (nSPS) is 9.17. The summed E-state index contributed by atoms with van der Waals surface area (Å²) < 4.78 is 1.89. The van der Waals surface area contributed by atoms with Crippen LogP contribution in [-0.2, 0) is 7.05 Å². The van der Waals surface area contributed by atoms with Crippen molar-refractivity contribution >= 4 is 17.5 Å². The molecule has 2 amide bonds. The van der Waals surface area contributed by atoms with Gasteiger partial charge in [0, 0.05) is 18.3 Å². The van der Waals surface area contributed by atoms with Crippen molar-refractivity contribution in [2.45, 2.75) is 0 Å². The minimum Gasteiger partial charge on any atom is -1.00 e. The maximum atomic E-state index is 11.6. The molecule has 0 saturated carbocycles. The predicted molar refractivity (Wildman–Crippen MR) is 64.5 cm³/mol. The van der Waals surface area contributed by atoms with E-state index >= 15 is 0 Å². The van der Waals surface area contributed by atoms with Gasteiger partial charge in [0.2, 0.25) is 0 Å². The van der Waals surface area contributed by atoms with Crippen LogP contribution < -0.4 is 39.2 Å². The predicted octanol–water partition coefficient (Wildman–Crippen LogP) is -1.45. The highest BCUT2D eigenvalue weighted by Crippen LogP contribution is 2.04. The highest BCUT2D eigenvalue weighted by atomic mass is 127. The fourth-order valence-corrected chi connectivity index (χ4v) is 1.30. The van der Waals surface area contributed by atoms with Crippen LogP contribution in [0.5, 0.6) is 0 Å². The van der Waals surface area contributed by atoms with Crippen LogP contribution in [-0.4, -0.2) is 11.0 Å². The van der Waals surface area contributed by atoms with E-state index < -0.39 is 0 Å². The summed E-state index contributed by atoms with van der Waals surface area (Å²) in [7, 11) is 1.91. The minimum absolute atomic E-state index is 0. The van der Waals surface area contributed by atoms with Gasteiger partial charge in [0.05, 0.1) is 5.69 Å². The molecule has 0 saturated heterocycles. The van der Waals surface area contributed by atoms with Gasteiger partial charge in [0.15, 0.2) is 12.4 Å². The van der Waals surface area contributed by atoms with Gasteiger partial charge in [-0.3, -0.25) is 5.32 Å². The number of carbonyl (C=O) groups excluding carboxylic acids is 1. The number of urea groups is 1. The molecule has 2 aromatic rings. The van der Waals surface area contributed by atoms with Gasteiger partial charge in [-0.1, -0.05) is 6.07 Å². The molecule has 0 aliphatic carbocycles. The van der Waals surface area contributed by atoms with E-state index in [9.17, 15) is 4.79 Å². The van der Waals surface area contributed by atoms with Gasteiger partial charge in [0.1, 0.15) is 12.9 Å². The number of hydrogen-bond donors (Lipinski definition) is 2. The molecular weight excluding hydrogens is 343 g/mol. The molecule has 2 heterocycles. The summed E-state index contributed by atoms with van der Waals surface area (Å²) in [6.45, 7) is 0. The summed E-state index contributed by atoms with van der Waals surface area (Å²) in [5, 5.41) is 5.35. The summed E-state index contributed by atoms with van der Waals surface area (Å²) in [6, 6.07) is 8.66. The molecular formula is C12H13IN4O. The molecule has 0 bridgehead atoms. The largest absolute Gasteiger partial charge is 1.00 e. The van der Waals surface area contributed by atoms with Crippen molar-refractivity contribution in [3.63, 3.8) is 0 Å². The highest BCUT2D eigenvalue weighted by molar-refractivity contribution is 5.98. The van der Waals surface area contributed by atoms with Crippen molar-refractivity contribution in [2.24, 2.45) is 7.05 Å². The number of nitrogens with zero attached hydrogens (tertiary/aromatic N) is 2. The summed E-state index contributed by atoms with van der Waals surface area (Å²) in [6.07, 6.45) is 5.34. The van der Waals surface area contributed by atoms with Crippen LogP contribution in [0.1, 0.15) is 0 Å². The molecule has 0 aromatic carbocycles. The third-order valence-corrected chi connectivity index (χ3v) is 2.14. The second-order valence-electron chi connectivity index (χ2n) is 3.55. The third-order valence-electron chi connectivity index (χ3n) is 2.14. The molecule has 18 heavy (non-hydrogen) atoms. The van der Waals surface area contributed by atoms with E-state index in [1.807, 2.05) is 42.2 Å². The van der Waals surface area contributed by atoms with Crippen molar-refractivity contribution < 1.29 is 33.3 Å². The Hall–Kier alpha value is -1.70. The lowest BCUT2D eigenvalue weighted by atomic mass is 10.4. The molecule has 94 valence electrons. The van der Waals surface area contributed by atoms with Gasteiger partial charge in [-0.2, -0.15) is 0 Å². The average molecular weight is 356 g/mol. The Labute approximate surface area is 122 Å². The molecule has 2 rings (SSSR count). The zero-order valence-electron chi connectivity index (χ0n) is 9.80. The smallest absolute Gasteiger partial charge is 0.324 e. The van der Waals surface area contributed by atoms with Crippen LogP contribution in [0.2, 0.25) is 0 Å². The number of hydrogen-bond acceptors (Lipinski definition) is 2. The first-order valence-corrected chi connectivity index (χ1v) is 5.18. The van der Waals surface area contributed by atoms with Crippen molar-refractivity contribution in [1.29, 1.82) is 0 Å². The van der Waals surface area contributed by atoms with Crippen LogP contribution in [0.15, 0.2) is 48.9 Å². The van der Waals surface area contributed by atoms with E-state index in [0.29, 0.717) is 5.82 Å².